The van der Waals surface area contributed by atoms with Crippen LogP contribution in [0.5, 0.6) is 0 Å². The number of aryl methyl sites for hydroxylation is 1. The number of nitrogens with one attached hydrogen (secondary N) is 1. The number of benzene rings is 1. The highest BCUT2D eigenvalue weighted by Gasteiger charge is 2.32. The molecule has 4 aromatic rings. The van der Waals surface area contributed by atoms with Gasteiger partial charge in [-0.25, -0.2) is 4.98 Å². The molecule has 0 saturated carbocycles. The van der Waals surface area contributed by atoms with Crippen molar-refractivity contribution in [3.63, 3.8) is 0 Å². The molecule has 3 aromatic heterocycles. The molecule has 1 N–H and O–H groups in total. The van der Waals surface area contributed by atoms with E-state index >= 15 is 0 Å². The average molecular weight is 388 g/mol. The fourth-order valence-electron chi connectivity index (χ4n) is 3.81. The van der Waals surface area contributed by atoms with Gasteiger partial charge in [-0.3, -0.25) is 9.78 Å². The summed E-state index contributed by atoms with van der Waals surface area (Å²) in [6.07, 6.45) is 5.99. The molecule has 1 fully saturated rings. The Morgan fingerprint density at radius 2 is 2.03 bits per heavy atom. The first-order valence-electron chi connectivity index (χ1n) is 9.75. The quantitative estimate of drug-likeness (QED) is 0.563. The summed E-state index contributed by atoms with van der Waals surface area (Å²) in [5.41, 5.74) is 2.76. The zero-order valence-corrected chi connectivity index (χ0v) is 15.8. The molecule has 146 valence electrons. The fourth-order valence-corrected chi connectivity index (χ4v) is 3.81. The van der Waals surface area contributed by atoms with Crippen LogP contribution in [-0.4, -0.2) is 42.4 Å². The number of H-pyrrole nitrogens is 1. The second kappa shape index (κ2) is 7.46. The third-order valence-corrected chi connectivity index (χ3v) is 5.26. The van der Waals surface area contributed by atoms with Crippen LogP contribution in [0, 0.1) is 0 Å². The average Bonchev–Trinajstić information content (AvgIpc) is 3.51. The van der Waals surface area contributed by atoms with Gasteiger partial charge in [-0.1, -0.05) is 17.3 Å². The van der Waals surface area contributed by atoms with E-state index in [2.05, 4.69) is 25.1 Å². The van der Waals surface area contributed by atoms with E-state index in [1.165, 1.54) is 0 Å². The standard InChI is InChI=1S/C21H20N6O2/c28-19(8-7-18-25-20(26-29-18)14-9-11-22-12-10-14)27-13-3-6-17(27)21-23-15-4-1-2-5-16(15)24-21/h1-2,4-5,9-12,17H,3,6-8,13H2,(H,23,24). The number of hydrogen-bond donors (Lipinski definition) is 1. The Bertz CT molecular complexity index is 1100. The van der Waals surface area contributed by atoms with E-state index < -0.39 is 0 Å². The van der Waals surface area contributed by atoms with E-state index in [0.717, 1.165) is 41.8 Å². The van der Waals surface area contributed by atoms with E-state index in [1.54, 1.807) is 12.4 Å². The number of aromatic amines is 1. The minimum Gasteiger partial charge on any atom is -0.340 e. The predicted molar refractivity (Wildman–Crippen MR) is 106 cm³/mol. The second-order valence-corrected chi connectivity index (χ2v) is 7.13. The number of amides is 1. The summed E-state index contributed by atoms with van der Waals surface area (Å²) in [6.45, 7) is 0.743. The van der Waals surface area contributed by atoms with Crippen LogP contribution in [0.2, 0.25) is 0 Å². The monoisotopic (exact) mass is 388 g/mol. The number of pyridine rings is 1. The zero-order chi connectivity index (χ0) is 19.6. The van der Waals surface area contributed by atoms with Gasteiger partial charge in [0.15, 0.2) is 0 Å². The number of para-hydroxylation sites is 2. The van der Waals surface area contributed by atoms with Crippen molar-refractivity contribution in [3.8, 4) is 11.4 Å². The van der Waals surface area contributed by atoms with Crippen molar-refractivity contribution in [2.75, 3.05) is 6.54 Å². The number of imidazole rings is 1. The molecule has 0 bridgehead atoms. The lowest BCUT2D eigenvalue weighted by Gasteiger charge is -2.23. The highest BCUT2D eigenvalue weighted by Crippen LogP contribution is 2.32. The number of fused-ring (bicyclic) bond motifs is 1. The lowest BCUT2D eigenvalue weighted by atomic mass is 10.2. The van der Waals surface area contributed by atoms with Crippen molar-refractivity contribution >= 4 is 16.9 Å². The molecule has 0 radical (unpaired) electrons. The maximum Gasteiger partial charge on any atom is 0.227 e. The molecule has 1 atom stereocenters. The van der Waals surface area contributed by atoms with Gasteiger partial charge in [-0.2, -0.15) is 4.98 Å². The largest absolute Gasteiger partial charge is 0.340 e. The van der Waals surface area contributed by atoms with Gasteiger partial charge in [0.05, 0.1) is 17.1 Å². The van der Waals surface area contributed by atoms with Crippen LogP contribution >= 0.6 is 0 Å². The van der Waals surface area contributed by atoms with Crippen LogP contribution in [0.15, 0.2) is 53.3 Å². The Kier molecular flexibility index (Phi) is 4.51. The van der Waals surface area contributed by atoms with Crippen LogP contribution < -0.4 is 0 Å². The molecule has 8 heteroatoms. The number of rotatable bonds is 5. The highest BCUT2D eigenvalue weighted by atomic mass is 16.5. The number of aromatic nitrogens is 5. The third kappa shape index (κ3) is 3.49. The zero-order valence-electron chi connectivity index (χ0n) is 15.8. The van der Waals surface area contributed by atoms with E-state index in [9.17, 15) is 4.79 Å². The molecule has 1 aliphatic heterocycles. The van der Waals surface area contributed by atoms with Gasteiger partial charge in [0.25, 0.3) is 0 Å². The van der Waals surface area contributed by atoms with Crippen molar-refractivity contribution in [1.29, 1.82) is 0 Å². The summed E-state index contributed by atoms with van der Waals surface area (Å²) in [4.78, 5) is 31.2. The number of hydrogen-bond acceptors (Lipinski definition) is 6. The number of likely N-dealkylation sites (tertiary alicyclic amines) is 1. The lowest BCUT2D eigenvalue weighted by Crippen LogP contribution is -2.31. The smallest absolute Gasteiger partial charge is 0.227 e. The minimum atomic E-state index is -0.00929. The Labute approximate surface area is 167 Å². The molecule has 0 spiro atoms. The molecular formula is C21H20N6O2. The molecule has 0 aliphatic carbocycles. The summed E-state index contributed by atoms with van der Waals surface area (Å²) >= 11 is 0. The SMILES string of the molecule is O=C(CCc1nc(-c2ccncc2)no1)N1CCCC1c1nc2ccccc2[nH]1. The van der Waals surface area contributed by atoms with Gasteiger partial charge in [0, 0.05) is 37.3 Å². The van der Waals surface area contributed by atoms with Crippen molar-refractivity contribution in [1.82, 2.24) is 30.0 Å². The minimum absolute atomic E-state index is 0.00929. The number of carbonyl (C=O) groups excluding carboxylic acids is 1. The Hall–Kier alpha value is -3.55. The van der Waals surface area contributed by atoms with E-state index in [4.69, 9.17) is 4.52 Å². The fraction of sp³-hybridized carbons (Fsp3) is 0.286. The summed E-state index contributed by atoms with van der Waals surface area (Å²) in [7, 11) is 0. The normalized spacial score (nSPS) is 16.6. The molecule has 29 heavy (non-hydrogen) atoms. The molecule has 4 heterocycles. The van der Waals surface area contributed by atoms with Crippen molar-refractivity contribution in [2.45, 2.75) is 31.7 Å². The molecule has 1 amide bonds. The molecule has 1 aliphatic rings. The molecule has 1 saturated heterocycles. The Morgan fingerprint density at radius 3 is 2.90 bits per heavy atom. The van der Waals surface area contributed by atoms with Crippen molar-refractivity contribution in [2.24, 2.45) is 0 Å². The van der Waals surface area contributed by atoms with Gasteiger partial charge in [-0.05, 0) is 37.1 Å². The number of carbonyl (C=O) groups is 1. The van der Waals surface area contributed by atoms with Crippen LogP contribution in [-0.2, 0) is 11.2 Å². The van der Waals surface area contributed by atoms with Crippen molar-refractivity contribution in [3.05, 3.63) is 60.5 Å². The highest BCUT2D eigenvalue weighted by molar-refractivity contribution is 5.78. The van der Waals surface area contributed by atoms with Crippen molar-refractivity contribution < 1.29 is 9.32 Å². The summed E-state index contributed by atoms with van der Waals surface area (Å²) in [5, 5.41) is 3.99. The van der Waals surface area contributed by atoms with E-state index in [1.807, 2.05) is 41.3 Å². The molecule has 8 nitrogen and oxygen atoms in total. The third-order valence-electron chi connectivity index (χ3n) is 5.26. The summed E-state index contributed by atoms with van der Waals surface area (Å²) in [6, 6.07) is 11.6. The van der Waals surface area contributed by atoms with Crippen LogP contribution in [0.1, 0.15) is 37.0 Å². The first-order valence-corrected chi connectivity index (χ1v) is 9.75. The number of nitrogens with zero attached hydrogens (tertiary/aromatic N) is 5. The molecule has 1 unspecified atom stereocenters. The topological polar surface area (TPSA) is 101 Å². The van der Waals surface area contributed by atoms with Gasteiger partial charge in [0.1, 0.15) is 5.82 Å². The predicted octanol–water partition coefficient (Wildman–Crippen LogP) is 3.30. The molecule has 5 rings (SSSR count). The van der Waals surface area contributed by atoms with Gasteiger partial charge >= 0.3 is 0 Å². The first-order chi connectivity index (χ1) is 14.3. The Balaban J connectivity index is 1.26. The van der Waals surface area contributed by atoms with Gasteiger partial charge in [-0.15, -0.1) is 0 Å². The van der Waals surface area contributed by atoms with E-state index in [-0.39, 0.29) is 11.9 Å². The van der Waals surface area contributed by atoms with Crippen LogP contribution in [0.3, 0.4) is 0 Å². The molecule has 1 aromatic carbocycles. The lowest BCUT2D eigenvalue weighted by molar-refractivity contribution is -0.132. The van der Waals surface area contributed by atoms with Gasteiger partial charge < -0.3 is 14.4 Å². The molecular weight excluding hydrogens is 368 g/mol. The van der Waals surface area contributed by atoms with Crippen LogP contribution in [0.4, 0.5) is 0 Å². The Morgan fingerprint density at radius 1 is 1.17 bits per heavy atom. The summed E-state index contributed by atoms with van der Waals surface area (Å²) in [5.74, 6) is 1.91. The maximum absolute atomic E-state index is 12.9. The maximum atomic E-state index is 12.9. The van der Waals surface area contributed by atoms with E-state index in [0.29, 0.717) is 24.6 Å². The van der Waals surface area contributed by atoms with Crippen LogP contribution in [0.25, 0.3) is 22.4 Å². The van der Waals surface area contributed by atoms with Gasteiger partial charge in [0.2, 0.25) is 17.6 Å². The second-order valence-electron chi connectivity index (χ2n) is 7.13. The first kappa shape index (κ1) is 17.5. The summed E-state index contributed by atoms with van der Waals surface area (Å²) < 4.78 is 5.31.